The minimum absolute atomic E-state index is 0.0229. The van der Waals surface area contributed by atoms with Crippen molar-refractivity contribution >= 4 is 28.5 Å². The van der Waals surface area contributed by atoms with Gasteiger partial charge < -0.3 is 20.3 Å². The van der Waals surface area contributed by atoms with Crippen molar-refractivity contribution in [3.05, 3.63) is 52.3 Å². The van der Waals surface area contributed by atoms with E-state index in [0.29, 0.717) is 24.0 Å². The number of hydrogen-bond donors (Lipinski definition) is 3. The monoisotopic (exact) mass is 492 g/mol. The maximum atomic E-state index is 13.3. The lowest BCUT2D eigenvalue weighted by Crippen LogP contribution is -2.56. The van der Waals surface area contributed by atoms with Gasteiger partial charge in [-0.2, -0.15) is 13.2 Å². The Morgan fingerprint density at radius 1 is 1.26 bits per heavy atom. The van der Waals surface area contributed by atoms with Crippen molar-refractivity contribution in [1.82, 2.24) is 20.2 Å². The maximum absolute atomic E-state index is 13.3. The van der Waals surface area contributed by atoms with Gasteiger partial charge in [0.2, 0.25) is 5.60 Å². The molecular weight excluding hydrogens is 469 g/mol. The second-order valence-corrected chi connectivity index (χ2v) is 9.56. The molecule has 1 fully saturated rings. The fraction of sp³-hybridized carbons (Fsp3) is 0.417. The van der Waals surface area contributed by atoms with Crippen LogP contribution in [0, 0.1) is 0 Å². The number of benzene rings is 1. The van der Waals surface area contributed by atoms with Crippen molar-refractivity contribution in [1.29, 1.82) is 0 Å². The Morgan fingerprint density at radius 2 is 2.06 bits per heavy atom. The molecule has 2 aromatic heterocycles. The van der Waals surface area contributed by atoms with E-state index in [0.717, 1.165) is 57.5 Å². The molecule has 0 spiro atoms. The molecule has 3 aromatic rings. The molecule has 1 aromatic carbocycles. The lowest BCUT2D eigenvalue weighted by Gasteiger charge is -2.36. The molecule has 0 radical (unpaired) electrons. The number of aliphatic hydroxyl groups is 1. The Bertz CT molecular complexity index is 1270. The van der Waals surface area contributed by atoms with Crippen molar-refractivity contribution in [2.45, 2.75) is 50.6 Å². The molecule has 6 nitrogen and oxygen atoms in total. The van der Waals surface area contributed by atoms with E-state index in [1.54, 1.807) is 12.4 Å². The number of carbonyl (C=O) groups excluding carboxylic acids is 1. The summed E-state index contributed by atoms with van der Waals surface area (Å²) in [5, 5.41) is 14.8. The highest BCUT2D eigenvalue weighted by Gasteiger charge is 2.57. The van der Waals surface area contributed by atoms with Crippen LogP contribution in [-0.2, 0) is 17.8 Å². The Morgan fingerprint density at radius 3 is 2.76 bits per heavy atom. The van der Waals surface area contributed by atoms with E-state index in [4.69, 9.17) is 11.6 Å². The van der Waals surface area contributed by atoms with Crippen LogP contribution in [0.1, 0.15) is 42.5 Å². The van der Waals surface area contributed by atoms with E-state index < -0.39 is 17.7 Å². The fourth-order valence-electron chi connectivity index (χ4n) is 4.86. The molecule has 1 amide bonds. The molecule has 2 atom stereocenters. The molecule has 10 heteroatoms. The molecular formula is C24H24ClF3N4O2. The van der Waals surface area contributed by atoms with Crippen molar-refractivity contribution in [3.8, 4) is 11.1 Å². The van der Waals surface area contributed by atoms with Crippen LogP contribution in [-0.4, -0.2) is 50.7 Å². The number of H-pyrrole nitrogens is 1. The zero-order valence-corrected chi connectivity index (χ0v) is 19.2. The number of amides is 1. The number of nitrogens with one attached hydrogen (secondary N) is 2. The zero-order valence-electron chi connectivity index (χ0n) is 18.5. The highest BCUT2D eigenvalue weighted by molar-refractivity contribution is 6.35. The quantitative estimate of drug-likeness (QED) is 0.502. The second kappa shape index (κ2) is 8.25. The smallest absolute Gasteiger partial charge is 0.373 e. The number of carbonyl (C=O) groups is 1. The van der Waals surface area contributed by atoms with Crippen LogP contribution in [0.2, 0.25) is 5.02 Å². The first-order valence-electron chi connectivity index (χ1n) is 11.2. The molecule has 0 unspecified atom stereocenters. The van der Waals surface area contributed by atoms with E-state index in [1.165, 1.54) is 0 Å². The first-order valence-corrected chi connectivity index (χ1v) is 11.5. The SMILES string of the molecule is C[C@](O)(C(=O)N1CCc2cc(-c3cnc4[nH]cc(Cl)c4c3)cc([C@@H]3CCCN3)c2C1)C(F)(F)F. The number of aromatic nitrogens is 2. The summed E-state index contributed by atoms with van der Waals surface area (Å²) in [6.07, 6.45) is 0.679. The molecule has 0 aliphatic carbocycles. The Labute approximate surface area is 199 Å². The Kier molecular flexibility index (Phi) is 5.61. The largest absolute Gasteiger partial charge is 0.426 e. The summed E-state index contributed by atoms with van der Waals surface area (Å²) in [5.74, 6) is -1.32. The second-order valence-electron chi connectivity index (χ2n) is 9.16. The molecule has 3 N–H and O–H groups in total. The number of alkyl halides is 3. The van der Waals surface area contributed by atoms with E-state index >= 15 is 0 Å². The van der Waals surface area contributed by atoms with Crippen LogP contribution < -0.4 is 5.32 Å². The summed E-state index contributed by atoms with van der Waals surface area (Å²) in [6, 6.07) is 6.05. The third-order valence-corrected chi connectivity index (χ3v) is 7.19. The third-order valence-electron chi connectivity index (χ3n) is 6.88. The number of halogens is 4. The van der Waals surface area contributed by atoms with Crippen LogP contribution >= 0.6 is 11.6 Å². The zero-order chi connectivity index (χ0) is 24.3. The lowest BCUT2D eigenvalue weighted by molar-refractivity contribution is -0.250. The van der Waals surface area contributed by atoms with E-state index in [9.17, 15) is 23.1 Å². The third kappa shape index (κ3) is 3.85. The Balaban J connectivity index is 1.55. The topological polar surface area (TPSA) is 81.2 Å². The van der Waals surface area contributed by atoms with Gasteiger partial charge in [0.15, 0.2) is 0 Å². The van der Waals surface area contributed by atoms with Gasteiger partial charge in [0.1, 0.15) is 5.65 Å². The number of hydrogen-bond acceptors (Lipinski definition) is 4. The standard InChI is InChI=1S/C24H24ClF3N4O2/c1-23(34,24(26,27)28)22(33)32-6-4-13-7-14(8-16(18(13)12-32)20-3-2-5-29-20)15-9-17-19(25)11-31-21(17)30-10-15/h7-11,20,29,34H,2-6,12H2,1H3,(H,30,31)/t20-,23-/m0/s1. The molecule has 4 heterocycles. The summed E-state index contributed by atoms with van der Waals surface area (Å²) < 4.78 is 39.9. The minimum Gasteiger partial charge on any atom is -0.373 e. The predicted molar refractivity (Wildman–Crippen MR) is 122 cm³/mol. The number of nitrogens with zero attached hydrogens (tertiary/aromatic N) is 2. The predicted octanol–water partition coefficient (Wildman–Crippen LogP) is 4.51. The van der Waals surface area contributed by atoms with E-state index in [2.05, 4.69) is 15.3 Å². The van der Waals surface area contributed by atoms with Gasteiger partial charge >= 0.3 is 6.18 Å². The molecule has 180 valence electrons. The summed E-state index contributed by atoms with van der Waals surface area (Å²) in [6.45, 7) is 1.49. The van der Waals surface area contributed by atoms with Crippen molar-refractivity contribution in [3.63, 3.8) is 0 Å². The van der Waals surface area contributed by atoms with Crippen molar-refractivity contribution in [2.24, 2.45) is 0 Å². The average Bonchev–Trinajstić information content (AvgIpc) is 3.47. The molecule has 0 bridgehead atoms. The fourth-order valence-corrected chi connectivity index (χ4v) is 5.06. The van der Waals surface area contributed by atoms with Crippen molar-refractivity contribution < 1.29 is 23.1 Å². The average molecular weight is 493 g/mol. The molecule has 34 heavy (non-hydrogen) atoms. The van der Waals surface area contributed by atoms with Gasteiger partial charge in [0.25, 0.3) is 5.91 Å². The Hall–Kier alpha value is -2.62. The minimum atomic E-state index is -5.05. The van der Waals surface area contributed by atoms with Crippen LogP contribution in [0.4, 0.5) is 13.2 Å². The highest BCUT2D eigenvalue weighted by atomic mass is 35.5. The van der Waals surface area contributed by atoms with E-state index in [1.807, 2.05) is 18.2 Å². The van der Waals surface area contributed by atoms with Gasteiger partial charge in [0.05, 0.1) is 5.02 Å². The van der Waals surface area contributed by atoms with Gasteiger partial charge in [-0.3, -0.25) is 4.79 Å². The number of aromatic amines is 1. The number of pyridine rings is 1. The normalized spacial score (nSPS) is 20.4. The van der Waals surface area contributed by atoms with Crippen molar-refractivity contribution in [2.75, 3.05) is 13.1 Å². The summed E-state index contributed by atoms with van der Waals surface area (Å²) in [5.41, 5.74) is 1.88. The lowest BCUT2D eigenvalue weighted by atomic mass is 9.86. The van der Waals surface area contributed by atoms with Gasteiger partial charge in [-0.25, -0.2) is 4.98 Å². The van der Waals surface area contributed by atoms with Crippen LogP contribution in [0.15, 0.2) is 30.6 Å². The van der Waals surface area contributed by atoms with Crippen LogP contribution in [0.25, 0.3) is 22.2 Å². The molecule has 2 aliphatic heterocycles. The van der Waals surface area contributed by atoms with E-state index in [-0.39, 0.29) is 19.1 Å². The van der Waals surface area contributed by atoms with Crippen LogP contribution in [0.3, 0.4) is 0 Å². The van der Waals surface area contributed by atoms with Gasteiger partial charge in [-0.15, -0.1) is 0 Å². The number of fused-ring (bicyclic) bond motifs is 2. The number of rotatable bonds is 3. The summed E-state index contributed by atoms with van der Waals surface area (Å²) in [7, 11) is 0. The molecule has 1 saturated heterocycles. The summed E-state index contributed by atoms with van der Waals surface area (Å²) >= 11 is 6.28. The van der Waals surface area contributed by atoms with Gasteiger partial charge in [-0.05, 0) is 67.1 Å². The maximum Gasteiger partial charge on any atom is 0.426 e. The first kappa shape index (κ1) is 23.1. The molecule has 0 saturated carbocycles. The summed E-state index contributed by atoms with van der Waals surface area (Å²) in [4.78, 5) is 21.2. The van der Waals surface area contributed by atoms with Crippen LogP contribution in [0.5, 0.6) is 0 Å². The molecule has 5 rings (SSSR count). The highest BCUT2D eigenvalue weighted by Crippen LogP contribution is 2.38. The first-order chi connectivity index (χ1) is 16.1. The molecule has 2 aliphatic rings. The van der Waals surface area contributed by atoms with Gasteiger partial charge in [-0.1, -0.05) is 17.7 Å². The van der Waals surface area contributed by atoms with Gasteiger partial charge in [0, 0.05) is 42.5 Å².